The molecule has 0 atom stereocenters. The second kappa shape index (κ2) is 6.62. The molecule has 0 unspecified atom stereocenters. The van der Waals surface area contributed by atoms with Crippen molar-refractivity contribution in [2.75, 3.05) is 0 Å². The first-order valence-corrected chi connectivity index (χ1v) is 9.98. The summed E-state index contributed by atoms with van der Waals surface area (Å²) in [6.45, 7) is 7.16. The molecule has 1 aliphatic rings. The molecule has 0 bridgehead atoms. The summed E-state index contributed by atoms with van der Waals surface area (Å²) in [7, 11) is 0. The predicted molar refractivity (Wildman–Crippen MR) is 61.3 cm³/mol. The Morgan fingerprint density at radius 1 is 1.07 bits per heavy atom. The van der Waals surface area contributed by atoms with Gasteiger partial charge in [-0.3, -0.25) is 0 Å². The maximum absolute atomic E-state index is 2.39. The number of hydrogen-bond acceptors (Lipinski definition) is 0. The molecule has 0 aromatic heterocycles. The molecule has 0 aromatic carbocycles. The zero-order valence-corrected chi connectivity index (χ0v) is 12.0. The molecule has 0 N–H and O–H groups in total. The molecule has 1 heteroatoms. The Bertz CT molecular complexity index is 221. The molecule has 0 nitrogen and oxygen atoms in total. The van der Waals surface area contributed by atoms with Crippen molar-refractivity contribution in [3.05, 3.63) is 21.7 Å². The quantitative estimate of drug-likeness (QED) is 0.618. The first-order valence-electron chi connectivity index (χ1n) is 5.63. The van der Waals surface area contributed by atoms with Crippen LogP contribution in [0.5, 0.6) is 0 Å². The van der Waals surface area contributed by atoms with Crippen LogP contribution in [-0.2, 0) is 17.3 Å². The van der Waals surface area contributed by atoms with Gasteiger partial charge in [0, 0.05) is 0 Å². The SMILES string of the molecule is C[CH2][Pt]([CH2]C)/[C]1=C(\C)CC/C=C\CC1. The predicted octanol–water partition coefficient (Wildman–Crippen LogP) is 4.89. The van der Waals surface area contributed by atoms with Gasteiger partial charge in [0.05, 0.1) is 0 Å². The fraction of sp³-hybridized carbons (Fsp3) is 0.692. The monoisotopic (exact) mass is 374 g/mol. The zero-order valence-electron chi connectivity index (χ0n) is 9.71. The molecular formula is C13H23Pt. The van der Waals surface area contributed by atoms with Crippen LogP contribution in [0.15, 0.2) is 21.7 Å². The molecule has 0 saturated heterocycles. The van der Waals surface area contributed by atoms with Gasteiger partial charge in [0.15, 0.2) is 0 Å². The molecule has 0 aliphatic heterocycles. The van der Waals surface area contributed by atoms with Gasteiger partial charge in [-0.1, -0.05) is 0 Å². The number of rotatable bonds is 3. The second-order valence-electron chi connectivity index (χ2n) is 3.53. The van der Waals surface area contributed by atoms with Crippen LogP contribution in [0, 0.1) is 0 Å². The van der Waals surface area contributed by atoms with E-state index in [1.807, 2.05) is 3.96 Å². The fourth-order valence-corrected chi connectivity index (χ4v) is 7.67. The first kappa shape index (κ1) is 12.2. The van der Waals surface area contributed by atoms with Crippen LogP contribution in [0.1, 0.15) is 46.5 Å². The molecule has 0 spiro atoms. The molecule has 85 valence electrons. The van der Waals surface area contributed by atoms with Crippen LogP contribution < -0.4 is 0 Å². The van der Waals surface area contributed by atoms with Crippen molar-refractivity contribution in [2.24, 2.45) is 0 Å². The molecule has 0 fully saturated rings. The summed E-state index contributed by atoms with van der Waals surface area (Å²) in [4.78, 5) is 2.94. The van der Waals surface area contributed by atoms with Gasteiger partial charge >= 0.3 is 95.1 Å². The van der Waals surface area contributed by atoms with Gasteiger partial charge in [0.25, 0.3) is 0 Å². The van der Waals surface area contributed by atoms with Crippen LogP contribution in [0.4, 0.5) is 0 Å². The van der Waals surface area contributed by atoms with Gasteiger partial charge < -0.3 is 0 Å². The van der Waals surface area contributed by atoms with E-state index in [2.05, 4.69) is 32.9 Å². The minimum absolute atomic E-state index is 0.719. The van der Waals surface area contributed by atoms with Gasteiger partial charge in [-0.15, -0.1) is 0 Å². The van der Waals surface area contributed by atoms with Crippen LogP contribution in [0.25, 0.3) is 0 Å². The topological polar surface area (TPSA) is 0 Å². The molecular weight excluding hydrogens is 351 g/mol. The Morgan fingerprint density at radius 3 is 2.21 bits per heavy atom. The minimum atomic E-state index is -0.719. The van der Waals surface area contributed by atoms with Crippen LogP contribution in [0.2, 0.25) is 9.62 Å². The van der Waals surface area contributed by atoms with Gasteiger partial charge in [0.1, 0.15) is 0 Å². The molecule has 0 saturated carbocycles. The third kappa shape index (κ3) is 3.39. The first-order chi connectivity index (χ1) is 6.79. The second-order valence-corrected chi connectivity index (χ2v) is 10.9. The Morgan fingerprint density at radius 2 is 1.64 bits per heavy atom. The van der Waals surface area contributed by atoms with Crippen molar-refractivity contribution in [3.8, 4) is 0 Å². The van der Waals surface area contributed by atoms with E-state index in [1.165, 1.54) is 35.3 Å². The Balaban J connectivity index is 2.74. The third-order valence-corrected chi connectivity index (χ3v) is 9.97. The van der Waals surface area contributed by atoms with E-state index in [9.17, 15) is 0 Å². The molecule has 0 aromatic rings. The molecule has 1 rings (SSSR count). The summed E-state index contributed by atoms with van der Waals surface area (Å²) >= 11 is -0.719. The summed E-state index contributed by atoms with van der Waals surface area (Å²) in [5.41, 5.74) is 1.74. The number of allylic oxidation sites excluding steroid dienone is 4. The van der Waals surface area contributed by atoms with Crippen molar-refractivity contribution < 1.29 is 17.3 Å². The van der Waals surface area contributed by atoms with Gasteiger partial charge in [-0.2, -0.15) is 0 Å². The standard InChI is InChI=1S/C9H13.2C2H5.Pt/c1-9-7-5-3-2-4-6-8-9;2*1-2;/h2-3H,4-7H2,1H3;2*1H2,2H3;/b3-2-,9-8?;;;. The maximum atomic E-state index is 2.39. The van der Waals surface area contributed by atoms with E-state index in [0.29, 0.717) is 0 Å². The van der Waals surface area contributed by atoms with Gasteiger partial charge in [-0.05, 0) is 0 Å². The van der Waals surface area contributed by atoms with Crippen molar-refractivity contribution >= 4 is 0 Å². The average molecular weight is 374 g/mol. The summed E-state index contributed by atoms with van der Waals surface area (Å²) in [5.74, 6) is 0. The Kier molecular flexibility index (Phi) is 5.78. The summed E-state index contributed by atoms with van der Waals surface area (Å²) < 4.78 is 1.92. The summed E-state index contributed by atoms with van der Waals surface area (Å²) in [5, 5.41) is 0. The van der Waals surface area contributed by atoms with E-state index >= 15 is 0 Å². The summed E-state index contributed by atoms with van der Waals surface area (Å²) in [6.07, 6.45) is 9.99. The zero-order chi connectivity index (χ0) is 10.4. The Hall–Kier alpha value is 0.168. The van der Waals surface area contributed by atoms with E-state index in [-0.39, 0.29) is 0 Å². The van der Waals surface area contributed by atoms with Crippen molar-refractivity contribution in [3.63, 3.8) is 0 Å². The van der Waals surface area contributed by atoms with Gasteiger partial charge in [-0.25, -0.2) is 0 Å². The molecule has 0 amide bonds. The number of hydrogen-bond donors (Lipinski definition) is 0. The molecule has 0 heterocycles. The van der Waals surface area contributed by atoms with Crippen LogP contribution >= 0.6 is 0 Å². The van der Waals surface area contributed by atoms with Crippen LogP contribution in [-0.4, -0.2) is 0 Å². The Labute approximate surface area is 95.0 Å². The third-order valence-electron chi connectivity index (χ3n) is 2.61. The van der Waals surface area contributed by atoms with E-state index in [4.69, 9.17) is 0 Å². The molecule has 0 radical (unpaired) electrons. The van der Waals surface area contributed by atoms with E-state index in [1.54, 1.807) is 5.57 Å². The fourth-order valence-electron chi connectivity index (χ4n) is 1.81. The summed E-state index contributed by atoms with van der Waals surface area (Å²) in [6, 6.07) is 0. The van der Waals surface area contributed by atoms with Crippen molar-refractivity contribution in [1.82, 2.24) is 0 Å². The van der Waals surface area contributed by atoms with Gasteiger partial charge in [0.2, 0.25) is 0 Å². The average Bonchev–Trinajstić information content (AvgIpc) is 2.18. The van der Waals surface area contributed by atoms with E-state index in [0.717, 1.165) is 0 Å². The normalized spacial score (nSPS) is 26.6. The van der Waals surface area contributed by atoms with E-state index < -0.39 is 17.3 Å². The molecule has 14 heavy (non-hydrogen) atoms. The molecule has 1 aliphatic carbocycles. The van der Waals surface area contributed by atoms with Crippen molar-refractivity contribution in [1.29, 1.82) is 0 Å². The van der Waals surface area contributed by atoms with Crippen molar-refractivity contribution in [2.45, 2.75) is 56.1 Å². The van der Waals surface area contributed by atoms with Crippen LogP contribution in [0.3, 0.4) is 0 Å².